The van der Waals surface area contributed by atoms with Crippen LogP contribution >= 0.6 is 7.82 Å². The Kier molecular flexibility index (Phi) is 47.1. The monoisotopic (exact) mass is 846 g/mol. The molecule has 0 radical (unpaired) electrons. The number of esters is 1. The van der Waals surface area contributed by atoms with Gasteiger partial charge in [0.1, 0.15) is 6.10 Å². The average Bonchev–Trinajstić information content (AvgIpc) is 3.21. The highest BCUT2D eigenvalue weighted by Crippen LogP contribution is 2.43. The van der Waals surface area contributed by atoms with Crippen LogP contribution in [0.1, 0.15) is 271 Å². The first-order chi connectivity index (χ1) is 28.4. The molecule has 0 rings (SSSR count). The summed E-state index contributed by atoms with van der Waals surface area (Å²) in [7, 11) is -4.27. The van der Waals surface area contributed by atoms with E-state index in [0.717, 1.165) is 32.1 Å². The van der Waals surface area contributed by atoms with Gasteiger partial charge in [-0.15, -0.1) is 0 Å². The predicted molar refractivity (Wildman–Crippen MR) is 248 cm³/mol. The molecule has 0 aromatic heterocycles. The van der Waals surface area contributed by atoms with Crippen molar-refractivity contribution >= 4 is 13.8 Å². The van der Waals surface area contributed by atoms with Gasteiger partial charge in [0.25, 0.3) is 0 Å². The van der Waals surface area contributed by atoms with E-state index in [1.807, 2.05) is 0 Å². The maximum Gasteiger partial charge on any atom is 0.472 e. The quantitative estimate of drug-likeness (QED) is 0.0353. The van der Waals surface area contributed by atoms with Gasteiger partial charge in [-0.3, -0.25) is 13.8 Å². The van der Waals surface area contributed by atoms with Crippen LogP contribution in [0.25, 0.3) is 0 Å². The summed E-state index contributed by atoms with van der Waals surface area (Å²) < 4.78 is 33.5. The Bertz CT molecular complexity index is 863. The van der Waals surface area contributed by atoms with Gasteiger partial charge in [-0.25, -0.2) is 4.57 Å². The summed E-state index contributed by atoms with van der Waals surface area (Å²) in [5, 5.41) is 0. The Morgan fingerprint density at radius 2 is 0.759 bits per heavy atom. The summed E-state index contributed by atoms with van der Waals surface area (Å²) in [6.45, 7) is 5.00. The zero-order valence-corrected chi connectivity index (χ0v) is 39.7. The molecular formula is C49H100NO7P. The van der Waals surface area contributed by atoms with Crippen LogP contribution in [0.2, 0.25) is 0 Å². The molecule has 58 heavy (non-hydrogen) atoms. The molecule has 0 spiro atoms. The third-order valence-electron chi connectivity index (χ3n) is 11.5. The van der Waals surface area contributed by atoms with Gasteiger partial charge in [0.15, 0.2) is 0 Å². The molecule has 0 aromatic rings. The van der Waals surface area contributed by atoms with E-state index < -0.39 is 13.9 Å². The van der Waals surface area contributed by atoms with Gasteiger partial charge in [0.2, 0.25) is 0 Å². The molecule has 348 valence electrons. The van der Waals surface area contributed by atoms with Crippen LogP contribution in [0.3, 0.4) is 0 Å². The number of phosphoric ester groups is 1. The minimum Gasteiger partial charge on any atom is -0.457 e. The van der Waals surface area contributed by atoms with Crippen molar-refractivity contribution in [2.24, 2.45) is 5.73 Å². The van der Waals surface area contributed by atoms with Gasteiger partial charge in [-0.05, 0) is 12.8 Å². The molecule has 0 aliphatic heterocycles. The SMILES string of the molecule is CCCCCCCCCCCCCCCCCCCCCCCCCCCC(=O)OC(COCCCCCCCCCCCCCCCC)COP(=O)(O)OCCN. The highest BCUT2D eigenvalue weighted by molar-refractivity contribution is 7.47. The largest absolute Gasteiger partial charge is 0.472 e. The van der Waals surface area contributed by atoms with Crippen LogP contribution < -0.4 is 5.73 Å². The summed E-state index contributed by atoms with van der Waals surface area (Å²) in [6.07, 6.45) is 51.4. The van der Waals surface area contributed by atoms with Crippen LogP contribution in [-0.2, 0) is 27.9 Å². The first kappa shape index (κ1) is 57.5. The van der Waals surface area contributed by atoms with E-state index in [9.17, 15) is 14.3 Å². The lowest BCUT2D eigenvalue weighted by Crippen LogP contribution is -2.28. The van der Waals surface area contributed by atoms with Crippen molar-refractivity contribution in [3.8, 4) is 0 Å². The number of carbonyl (C=O) groups excluding carboxylic acids is 1. The highest BCUT2D eigenvalue weighted by atomic mass is 31.2. The van der Waals surface area contributed by atoms with Crippen molar-refractivity contribution in [1.82, 2.24) is 0 Å². The van der Waals surface area contributed by atoms with E-state index in [1.54, 1.807) is 0 Å². The normalized spacial score (nSPS) is 13.2. The molecule has 0 saturated heterocycles. The number of nitrogens with two attached hydrogens (primary N) is 1. The first-order valence-electron chi connectivity index (χ1n) is 25.5. The van der Waals surface area contributed by atoms with Crippen molar-refractivity contribution in [3.05, 3.63) is 0 Å². The number of carbonyl (C=O) groups is 1. The second kappa shape index (κ2) is 47.5. The number of hydrogen-bond acceptors (Lipinski definition) is 7. The topological polar surface area (TPSA) is 117 Å². The fourth-order valence-corrected chi connectivity index (χ4v) is 8.53. The summed E-state index contributed by atoms with van der Waals surface area (Å²) in [4.78, 5) is 22.6. The van der Waals surface area contributed by atoms with Gasteiger partial charge in [-0.1, -0.05) is 251 Å². The molecule has 3 N–H and O–H groups in total. The Morgan fingerprint density at radius 3 is 1.09 bits per heavy atom. The van der Waals surface area contributed by atoms with Crippen molar-refractivity contribution in [1.29, 1.82) is 0 Å². The predicted octanol–water partition coefficient (Wildman–Crippen LogP) is 15.7. The van der Waals surface area contributed by atoms with E-state index in [2.05, 4.69) is 13.8 Å². The highest BCUT2D eigenvalue weighted by Gasteiger charge is 2.25. The Morgan fingerprint density at radius 1 is 0.448 bits per heavy atom. The van der Waals surface area contributed by atoms with E-state index in [-0.39, 0.29) is 32.3 Å². The summed E-state index contributed by atoms with van der Waals surface area (Å²) in [5.41, 5.74) is 5.38. The zero-order valence-electron chi connectivity index (χ0n) is 38.8. The molecule has 9 heteroatoms. The van der Waals surface area contributed by atoms with Crippen molar-refractivity contribution in [2.45, 2.75) is 277 Å². The molecule has 0 bridgehead atoms. The van der Waals surface area contributed by atoms with Crippen LogP contribution in [0, 0.1) is 0 Å². The third kappa shape index (κ3) is 46.6. The van der Waals surface area contributed by atoms with Gasteiger partial charge in [-0.2, -0.15) is 0 Å². The van der Waals surface area contributed by atoms with Crippen molar-refractivity contribution in [3.63, 3.8) is 0 Å². The molecule has 8 nitrogen and oxygen atoms in total. The second-order valence-electron chi connectivity index (χ2n) is 17.4. The van der Waals surface area contributed by atoms with Gasteiger partial charge < -0.3 is 20.1 Å². The summed E-state index contributed by atoms with van der Waals surface area (Å²) in [6, 6.07) is 0. The summed E-state index contributed by atoms with van der Waals surface area (Å²) in [5.74, 6) is -0.321. The molecule has 0 aliphatic rings. The Hall–Kier alpha value is -0.500. The number of ether oxygens (including phenoxy) is 2. The fourth-order valence-electron chi connectivity index (χ4n) is 7.77. The van der Waals surface area contributed by atoms with E-state index in [1.165, 1.54) is 218 Å². The molecule has 0 saturated carbocycles. The number of phosphoric acid groups is 1. The maximum absolute atomic E-state index is 12.6. The lowest BCUT2D eigenvalue weighted by molar-refractivity contribution is -0.154. The zero-order chi connectivity index (χ0) is 42.3. The second-order valence-corrected chi connectivity index (χ2v) is 18.9. The number of hydrogen-bond donors (Lipinski definition) is 2. The minimum atomic E-state index is -4.27. The van der Waals surface area contributed by atoms with Crippen molar-refractivity contribution in [2.75, 3.05) is 33.0 Å². The van der Waals surface area contributed by atoms with Gasteiger partial charge in [0, 0.05) is 19.6 Å². The van der Waals surface area contributed by atoms with Crippen LogP contribution in [0.5, 0.6) is 0 Å². The Balaban J connectivity index is 3.83. The van der Waals surface area contributed by atoms with Gasteiger partial charge >= 0.3 is 13.8 Å². The first-order valence-corrected chi connectivity index (χ1v) is 27.0. The third-order valence-corrected chi connectivity index (χ3v) is 12.5. The standard InChI is InChI=1S/C49H100NO7P/c1-3-5-7-9-11-13-15-17-19-20-21-22-23-24-25-26-27-28-29-30-32-34-36-38-40-42-49(51)57-48(47-56-58(52,53)55-45-43-50)46-54-44-41-39-37-35-33-31-18-16-14-12-10-8-6-4-2/h48H,3-47,50H2,1-2H3,(H,52,53). The van der Waals surface area contributed by atoms with Gasteiger partial charge in [0.05, 0.1) is 19.8 Å². The number of rotatable bonds is 50. The van der Waals surface area contributed by atoms with Crippen LogP contribution in [-0.4, -0.2) is 49.9 Å². The van der Waals surface area contributed by atoms with E-state index in [0.29, 0.717) is 13.0 Å². The molecular weight excluding hydrogens is 746 g/mol. The Labute approximate surface area is 361 Å². The van der Waals surface area contributed by atoms with Crippen LogP contribution in [0.4, 0.5) is 0 Å². The van der Waals surface area contributed by atoms with E-state index in [4.69, 9.17) is 24.3 Å². The molecule has 0 heterocycles. The minimum absolute atomic E-state index is 0.0898. The van der Waals surface area contributed by atoms with E-state index >= 15 is 0 Å². The molecule has 2 unspecified atom stereocenters. The fraction of sp³-hybridized carbons (Fsp3) is 0.980. The average molecular weight is 846 g/mol. The van der Waals surface area contributed by atoms with Crippen molar-refractivity contribution < 1.29 is 32.8 Å². The smallest absolute Gasteiger partial charge is 0.457 e. The number of unbranched alkanes of at least 4 members (excludes halogenated alkanes) is 37. The van der Waals surface area contributed by atoms with Crippen LogP contribution in [0.15, 0.2) is 0 Å². The molecule has 0 amide bonds. The molecule has 0 fully saturated rings. The maximum atomic E-state index is 12.6. The molecule has 2 atom stereocenters. The lowest BCUT2D eigenvalue weighted by atomic mass is 10.0. The molecule has 0 aliphatic carbocycles. The lowest BCUT2D eigenvalue weighted by Gasteiger charge is -2.20. The summed E-state index contributed by atoms with van der Waals surface area (Å²) >= 11 is 0. The molecule has 0 aromatic carbocycles.